The van der Waals surface area contributed by atoms with Crippen LogP contribution in [0.4, 0.5) is 0 Å². The molecule has 16 heavy (non-hydrogen) atoms. The van der Waals surface area contributed by atoms with Crippen LogP contribution in [0.3, 0.4) is 0 Å². The maximum absolute atomic E-state index is 10.2. The number of halogens is 1. The second-order valence-electron chi connectivity index (χ2n) is 5.63. The van der Waals surface area contributed by atoms with Gasteiger partial charge in [-0.25, -0.2) is 0 Å². The minimum Gasteiger partial charge on any atom is -0.507 e. The van der Waals surface area contributed by atoms with Crippen molar-refractivity contribution in [1.29, 1.82) is 0 Å². The highest BCUT2D eigenvalue weighted by atomic mass is 79.9. The van der Waals surface area contributed by atoms with Crippen LogP contribution >= 0.6 is 15.9 Å². The predicted octanol–water partition coefficient (Wildman–Crippen LogP) is 3.43. The molecule has 1 aliphatic rings. The van der Waals surface area contributed by atoms with Gasteiger partial charge in [-0.3, -0.25) is 0 Å². The highest BCUT2D eigenvalue weighted by Crippen LogP contribution is 2.51. The summed E-state index contributed by atoms with van der Waals surface area (Å²) in [5.74, 6) is 0.246. The van der Waals surface area contributed by atoms with Crippen LogP contribution in [0, 0.1) is 0 Å². The van der Waals surface area contributed by atoms with Gasteiger partial charge in [-0.2, -0.15) is 0 Å². The third-order valence-corrected chi connectivity index (χ3v) is 3.57. The van der Waals surface area contributed by atoms with Gasteiger partial charge in [-0.15, -0.1) is 0 Å². The van der Waals surface area contributed by atoms with Crippen molar-refractivity contribution in [3.05, 3.63) is 27.7 Å². The molecule has 0 aromatic heterocycles. The Labute approximate surface area is 104 Å². The summed E-state index contributed by atoms with van der Waals surface area (Å²) in [7, 11) is 0. The van der Waals surface area contributed by atoms with E-state index in [2.05, 4.69) is 36.7 Å². The van der Waals surface area contributed by atoms with Crippen molar-refractivity contribution in [1.82, 2.24) is 0 Å². The van der Waals surface area contributed by atoms with Gasteiger partial charge in [0.25, 0.3) is 0 Å². The smallest absolute Gasteiger partial charge is 0.125 e. The molecule has 0 radical (unpaired) electrons. The average Bonchev–Trinajstić information content (AvgIpc) is 2.86. The maximum atomic E-state index is 10.2. The number of aromatic hydroxyl groups is 1. The molecule has 0 amide bonds. The highest BCUT2D eigenvalue weighted by Gasteiger charge is 2.45. The number of phenolic OH excluding ortho intramolecular Hbond substituents is 1. The van der Waals surface area contributed by atoms with E-state index in [1.54, 1.807) is 0 Å². The van der Waals surface area contributed by atoms with Crippen molar-refractivity contribution in [2.45, 2.75) is 44.6 Å². The summed E-state index contributed by atoms with van der Waals surface area (Å²) in [5, 5.41) is 20.4. The fourth-order valence-corrected chi connectivity index (χ4v) is 2.37. The van der Waals surface area contributed by atoms with Crippen molar-refractivity contribution in [3.63, 3.8) is 0 Å². The van der Waals surface area contributed by atoms with Crippen LogP contribution in [-0.2, 0) is 11.0 Å². The Morgan fingerprint density at radius 1 is 1.25 bits per heavy atom. The first kappa shape index (κ1) is 11.9. The van der Waals surface area contributed by atoms with Gasteiger partial charge >= 0.3 is 0 Å². The third-order valence-electron chi connectivity index (χ3n) is 3.11. The summed E-state index contributed by atoms with van der Waals surface area (Å²) in [6, 6.07) is 3.74. The second-order valence-corrected chi connectivity index (χ2v) is 6.55. The van der Waals surface area contributed by atoms with Crippen LogP contribution in [0.15, 0.2) is 16.6 Å². The molecule has 1 aromatic carbocycles. The van der Waals surface area contributed by atoms with Crippen molar-refractivity contribution in [2.75, 3.05) is 0 Å². The Hall–Kier alpha value is -0.540. The van der Waals surface area contributed by atoms with Crippen LogP contribution in [0.1, 0.15) is 44.7 Å². The lowest BCUT2D eigenvalue weighted by Crippen LogP contribution is -2.14. The topological polar surface area (TPSA) is 40.5 Å². The van der Waals surface area contributed by atoms with E-state index < -0.39 is 5.60 Å². The van der Waals surface area contributed by atoms with Gasteiger partial charge in [0, 0.05) is 15.6 Å². The summed E-state index contributed by atoms with van der Waals surface area (Å²) in [6.45, 7) is 6.15. The molecule has 1 aliphatic carbocycles. The molecule has 0 atom stereocenters. The molecule has 0 saturated heterocycles. The van der Waals surface area contributed by atoms with Crippen molar-refractivity contribution < 1.29 is 10.2 Å². The molecule has 0 bridgehead atoms. The zero-order chi connectivity index (χ0) is 12.1. The molecule has 1 fully saturated rings. The van der Waals surface area contributed by atoms with Gasteiger partial charge in [0.1, 0.15) is 5.75 Å². The number of benzene rings is 1. The molecule has 0 aliphatic heterocycles. The van der Waals surface area contributed by atoms with E-state index in [1.165, 1.54) is 0 Å². The third kappa shape index (κ3) is 1.98. The highest BCUT2D eigenvalue weighted by molar-refractivity contribution is 9.10. The quantitative estimate of drug-likeness (QED) is 0.830. The zero-order valence-corrected chi connectivity index (χ0v) is 11.4. The van der Waals surface area contributed by atoms with E-state index in [4.69, 9.17) is 0 Å². The van der Waals surface area contributed by atoms with Gasteiger partial charge in [-0.05, 0) is 30.4 Å². The van der Waals surface area contributed by atoms with Crippen molar-refractivity contribution in [2.24, 2.45) is 0 Å². The average molecular weight is 285 g/mol. The maximum Gasteiger partial charge on any atom is 0.125 e. The first-order valence-corrected chi connectivity index (χ1v) is 6.29. The lowest BCUT2D eigenvalue weighted by Gasteiger charge is -2.24. The Kier molecular flexibility index (Phi) is 2.59. The number of hydrogen-bond donors (Lipinski definition) is 2. The summed E-state index contributed by atoms with van der Waals surface area (Å²) in [6.07, 6.45) is 1.47. The summed E-state index contributed by atoms with van der Waals surface area (Å²) >= 11 is 3.44. The van der Waals surface area contributed by atoms with Crippen molar-refractivity contribution in [3.8, 4) is 5.75 Å². The van der Waals surface area contributed by atoms with Crippen LogP contribution in [0.25, 0.3) is 0 Å². The van der Waals surface area contributed by atoms with Gasteiger partial charge in [0.15, 0.2) is 0 Å². The van der Waals surface area contributed by atoms with Crippen LogP contribution in [0.5, 0.6) is 5.75 Å². The summed E-state index contributed by atoms with van der Waals surface area (Å²) in [5.41, 5.74) is 0.603. The van der Waals surface area contributed by atoms with E-state index in [0.717, 1.165) is 22.9 Å². The molecule has 2 nitrogen and oxygen atoms in total. The SMILES string of the molecule is CC(C)(C)c1cc(Br)cc(C2(O)CC2)c1O. The Bertz CT molecular complexity index is 402. The van der Waals surface area contributed by atoms with E-state index in [9.17, 15) is 10.2 Å². The molecule has 3 heteroatoms. The van der Waals surface area contributed by atoms with Gasteiger partial charge < -0.3 is 10.2 Å². The molecule has 2 rings (SSSR count). The van der Waals surface area contributed by atoms with Gasteiger partial charge in [0.2, 0.25) is 0 Å². The zero-order valence-electron chi connectivity index (χ0n) is 9.84. The molecular weight excluding hydrogens is 268 g/mol. The molecular formula is C13H17BrO2. The Balaban J connectivity index is 2.60. The molecule has 88 valence electrons. The lowest BCUT2D eigenvalue weighted by molar-refractivity contribution is 0.147. The normalized spacial score (nSPS) is 18.6. The molecule has 0 heterocycles. The minimum atomic E-state index is -0.798. The summed E-state index contributed by atoms with van der Waals surface area (Å²) < 4.78 is 0.908. The predicted molar refractivity (Wildman–Crippen MR) is 67.6 cm³/mol. The first-order chi connectivity index (χ1) is 7.24. The number of phenols is 1. The number of hydrogen-bond acceptors (Lipinski definition) is 2. The fourth-order valence-electron chi connectivity index (χ4n) is 1.91. The van der Waals surface area contributed by atoms with Gasteiger partial charge in [-0.1, -0.05) is 36.7 Å². The van der Waals surface area contributed by atoms with Crippen LogP contribution in [-0.4, -0.2) is 10.2 Å². The minimum absolute atomic E-state index is 0.131. The largest absolute Gasteiger partial charge is 0.507 e. The number of aliphatic hydroxyl groups is 1. The van der Waals surface area contributed by atoms with Crippen LogP contribution < -0.4 is 0 Å². The fraction of sp³-hybridized carbons (Fsp3) is 0.538. The van der Waals surface area contributed by atoms with E-state index in [1.807, 2.05) is 12.1 Å². The standard InChI is InChI=1S/C13H17BrO2/c1-12(2,3)9-6-8(14)7-10(11(9)15)13(16)4-5-13/h6-7,15-16H,4-5H2,1-3H3. The van der Waals surface area contributed by atoms with Crippen LogP contribution in [0.2, 0.25) is 0 Å². The molecule has 1 saturated carbocycles. The molecule has 2 N–H and O–H groups in total. The second kappa shape index (κ2) is 3.47. The molecule has 0 unspecified atom stereocenters. The summed E-state index contributed by atoms with van der Waals surface area (Å²) in [4.78, 5) is 0. The lowest BCUT2D eigenvalue weighted by atomic mass is 9.84. The van der Waals surface area contributed by atoms with E-state index >= 15 is 0 Å². The van der Waals surface area contributed by atoms with Crippen molar-refractivity contribution >= 4 is 15.9 Å². The number of rotatable bonds is 1. The molecule has 1 aromatic rings. The Morgan fingerprint density at radius 2 is 1.81 bits per heavy atom. The first-order valence-electron chi connectivity index (χ1n) is 5.50. The monoisotopic (exact) mass is 284 g/mol. The molecule has 0 spiro atoms. The van der Waals surface area contributed by atoms with E-state index in [-0.39, 0.29) is 11.2 Å². The van der Waals surface area contributed by atoms with E-state index in [0.29, 0.717) is 5.56 Å². The van der Waals surface area contributed by atoms with Gasteiger partial charge in [0.05, 0.1) is 5.60 Å². The Morgan fingerprint density at radius 3 is 2.25 bits per heavy atom.